The molecule has 1 fully saturated rings. The van der Waals surface area contributed by atoms with E-state index in [9.17, 15) is 49.3 Å². The van der Waals surface area contributed by atoms with Crippen LogP contribution in [0, 0.1) is 5.92 Å². The predicted octanol–water partition coefficient (Wildman–Crippen LogP) is 1.49. The van der Waals surface area contributed by atoms with Gasteiger partial charge >= 0.3 is 11.9 Å². The number of carboxylic acids is 2. The monoisotopic (exact) mass is 832 g/mol. The van der Waals surface area contributed by atoms with Gasteiger partial charge in [0.15, 0.2) is 28.2 Å². The number of pyridine rings is 1. The number of ketones is 2. The number of aromatic nitrogens is 4. The van der Waals surface area contributed by atoms with Gasteiger partial charge in [-0.2, -0.15) is 4.73 Å². The van der Waals surface area contributed by atoms with E-state index in [1.807, 2.05) is 0 Å². The third-order valence-corrected chi connectivity index (χ3v) is 10.9. The van der Waals surface area contributed by atoms with E-state index in [2.05, 4.69) is 20.4 Å². The zero-order chi connectivity index (χ0) is 41.1. The highest BCUT2D eigenvalue weighted by Gasteiger charge is 2.54. The second-order valence-electron chi connectivity index (χ2n) is 12.8. The van der Waals surface area contributed by atoms with Crippen LogP contribution in [0.1, 0.15) is 49.3 Å². The average molecular weight is 833 g/mol. The maximum absolute atomic E-state index is 13.5. The van der Waals surface area contributed by atoms with Gasteiger partial charge in [-0.15, -0.1) is 11.8 Å². The second kappa shape index (κ2) is 16.8. The summed E-state index contributed by atoms with van der Waals surface area (Å²) in [7, 11) is 0. The highest BCUT2D eigenvalue weighted by atomic mass is 35.5. The van der Waals surface area contributed by atoms with Crippen LogP contribution in [0.2, 0.25) is 4.34 Å². The molecule has 1 amide bonds. The van der Waals surface area contributed by atoms with Crippen LogP contribution in [-0.4, -0.2) is 98.5 Å². The summed E-state index contributed by atoms with van der Waals surface area (Å²) in [5, 5.41) is 44.9. The third kappa shape index (κ3) is 8.92. The van der Waals surface area contributed by atoms with Crippen molar-refractivity contribution in [3.05, 3.63) is 74.2 Å². The van der Waals surface area contributed by atoms with Crippen LogP contribution in [0.4, 0.5) is 16.6 Å². The Kier molecular flexibility index (Phi) is 12.3. The minimum absolute atomic E-state index is 0.00739. The number of nitrogens with one attached hydrogen (secondary N) is 1. The molecule has 1 unspecified atom stereocenters. The van der Waals surface area contributed by atoms with Gasteiger partial charge in [0.1, 0.15) is 39.9 Å². The molecular weight excluding hydrogens is 798 g/mol. The molecule has 0 bridgehead atoms. The van der Waals surface area contributed by atoms with Gasteiger partial charge in [0, 0.05) is 31.2 Å². The first-order valence-electron chi connectivity index (χ1n) is 16.5. The number of carbonyl (C=O) groups excluding carboxylic acids is 3. The Morgan fingerprint density at radius 1 is 1.23 bits per heavy atom. The fraction of sp³-hybridized carbons (Fsp3) is 0.333. The molecule has 1 saturated heterocycles. The zero-order valence-electron chi connectivity index (χ0n) is 29.5. The normalized spacial score (nSPS) is 17.1. The van der Waals surface area contributed by atoms with E-state index in [4.69, 9.17) is 27.9 Å². The molecule has 5 rings (SSSR count). The molecule has 2 atom stereocenters. The number of thiazole rings is 1. The molecule has 2 aliphatic heterocycles. The Balaban J connectivity index is 1.22. The standard InChI is InChI=1S/C33H34ClN9O11S2/c1-33(2,31(51)52)54-40-23(24-26(34)56-32(36)39-24)21(46)9-16-28(48)43-25(30(49)50)15(13-55-29(16)43)5-4-8-41-11-17(27(35)38-14-41)37-7-3-6-19(44)18-10-20(45)22(47)12-42(18)53/h4-5,10-12,14,16,29,35,37,53H,3,6-9,13H2,1-2H3,(H5,36,39,47,49,50,51,52)/p+1/b5-4+,40-23+/t16-,29?/m1/s1. The molecule has 0 saturated carbocycles. The molecule has 3 aromatic heterocycles. The number of anilines is 3. The molecule has 296 valence electrons. The summed E-state index contributed by atoms with van der Waals surface area (Å²) in [6.07, 6.45) is 6.92. The van der Waals surface area contributed by atoms with Crippen LogP contribution in [0.15, 0.2) is 58.2 Å². The number of oxime groups is 1. The number of fused-ring (bicyclic) bond motifs is 1. The summed E-state index contributed by atoms with van der Waals surface area (Å²) in [5.74, 6) is -5.86. The van der Waals surface area contributed by atoms with Gasteiger partial charge in [0.05, 0.1) is 17.5 Å². The topological polar surface area (TPSA) is 307 Å². The lowest BCUT2D eigenvalue weighted by Crippen LogP contribution is -2.62. The van der Waals surface area contributed by atoms with Crippen molar-refractivity contribution in [3.8, 4) is 5.75 Å². The lowest BCUT2D eigenvalue weighted by atomic mass is 9.89. The van der Waals surface area contributed by atoms with E-state index < -0.39 is 69.6 Å². The number of hydrogen-bond donors (Lipinski definition) is 7. The first kappa shape index (κ1) is 41.2. The second-order valence-corrected chi connectivity index (χ2v) is 15.6. The van der Waals surface area contributed by atoms with Gasteiger partial charge in [0.2, 0.25) is 16.9 Å². The molecule has 20 nitrogen and oxygen atoms in total. The summed E-state index contributed by atoms with van der Waals surface area (Å²) >= 11 is 8.33. The van der Waals surface area contributed by atoms with Crippen LogP contribution in [-0.2, 0) is 30.6 Å². The molecule has 23 heteroatoms. The number of nitrogen functional groups attached to an aromatic ring is 2. The number of allylic oxidation sites excluding steroid dienone is 2. The Bertz CT molecular complexity index is 2270. The SMILES string of the molecule is CC(C)(O/N=C(\C(=O)C[C@@H]1C(=O)N2C(C(=O)O)=C(/C=C/C[n+]3cnc(N)c(NCCCC(=O)c4cc(=O)c(O)cn4O)c3)CSC12)c1nc(N)sc1Cl)C(=O)O. The van der Waals surface area contributed by atoms with Gasteiger partial charge in [-0.1, -0.05) is 34.2 Å². The van der Waals surface area contributed by atoms with E-state index >= 15 is 0 Å². The number of carboxylic acid groups (broad SMARTS) is 2. The smallest absolute Gasteiger partial charge is 0.352 e. The van der Waals surface area contributed by atoms with Gasteiger partial charge in [-0.25, -0.2) is 19.1 Å². The quantitative estimate of drug-likeness (QED) is 0.0193. The Labute approximate surface area is 329 Å². The van der Waals surface area contributed by atoms with E-state index in [0.29, 0.717) is 22.4 Å². The van der Waals surface area contributed by atoms with Crippen molar-refractivity contribution in [1.29, 1.82) is 0 Å². The minimum atomic E-state index is -1.83. The number of rotatable bonds is 17. The maximum atomic E-state index is 13.5. The number of halogens is 1. The van der Waals surface area contributed by atoms with E-state index in [0.717, 1.165) is 28.5 Å². The van der Waals surface area contributed by atoms with E-state index in [1.54, 1.807) is 22.9 Å². The first-order valence-corrected chi connectivity index (χ1v) is 18.7. The Hall–Kier alpha value is -6.00. The molecular formula is C33H35ClN9O11S2+. The van der Waals surface area contributed by atoms with Crippen molar-refractivity contribution in [2.45, 2.75) is 50.6 Å². The lowest BCUT2D eigenvalue weighted by Gasteiger charge is -2.49. The predicted molar refractivity (Wildman–Crippen MR) is 201 cm³/mol. The summed E-state index contributed by atoms with van der Waals surface area (Å²) < 4.78 is 2.03. The van der Waals surface area contributed by atoms with Gasteiger partial charge < -0.3 is 42.1 Å². The Morgan fingerprint density at radius 2 is 1.96 bits per heavy atom. The van der Waals surface area contributed by atoms with Crippen molar-refractivity contribution >= 4 is 86.5 Å². The molecule has 0 aliphatic carbocycles. The summed E-state index contributed by atoms with van der Waals surface area (Å²) in [4.78, 5) is 89.5. The van der Waals surface area contributed by atoms with E-state index in [1.165, 1.54) is 31.9 Å². The lowest BCUT2D eigenvalue weighted by molar-refractivity contribution is -0.689. The number of thioether (sulfide) groups is 1. The fourth-order valence-electron chi connectivity index (χ4n) is 5.44. The number of β-lactam (4-membered cyclic amide) rings is 1. The zero-order valence-corrected chi connectivity index (χ0v) is 31.9. The van der Waals surface area contributed by atoms with Crippen LogP contribution in [0.3, 0.4) is 0 Å². The first-order chi connectivity index (χ1) is 26.4. The van der Waals surface area contributed by atoms with Crippen molar-refractivity contribution in [2.24, 2.45) is 11.1 Å². The average Bonchev–Trinajstić information content (AvgIpc) is 3.47. The third-order valence-electron chi connectivity index (χ3n) is 8.43. The van der Waals surface area contributed by atoms with Crippen molar-refractivity contribution in [3.63, 3.8) is 0 Å². The van der Waals surface area contributed by atoms with Crippen LogP contribution < -0.4 is 26.8 Å². The molecule has 3 aromatic rings. The highest BCUT2D eigenvalue weighted by Crippen LogP contribution is 2.45. The number of amides is 1. The largest absolute Gasteiger partial charge is 0.503 e. The van der Waals surface area contributed by atoms with Crippen LogP contribution in [0.25, 0.3) is 0 Å². The molecule has 0 aromatic carbocycles. The number of aromatic hydroxyl groups is 1. The highest BCUT2D eigenvalue weighted by molar-refractivity contribution is 8.00. The van der Waals surface area contributed by atoms with Gasteiger partial charge in [-0.3, -0.25) is 24.1 Å². The number of carbonyl (C=O) groups is 5. The number of nitrogens with zero attached hydrogens (tertiary/aromatic N) is 6. The fourth-order valence-corrected chi connectivity index (χ4v) is 7.75. The molecule has 5 heterocycles. The number of aliphatic carboxylic acids is 2. The number of Topliss-reactive ketones (excluding diaryl/α,β-unsaturated/α-hetero) is 2. The van der Waals surface area contributed by atoms with Crippen molar-refractivity contribution in [2.75, 3.05) is 29.1 Å². The maximum Gasteiger partial charge on any atom is 0.352 e. The summed E-state index contributed by atoms with van der Waals surface area (Å²) in [6, 6.07) is 0.846. The van der Waals surface area contributed by atoms with Crippen LogP contribution >= 0.6 is 34.7 Å². The molecule has 2 aliphatic rings. The van der Waals surface area contributed by atoms with Crippen LogP contribution in [0.5, 0.6) is 5.75 Å². The molecule has 0 radical (unpaired) electrons. The van der Waals surface area contributed by atoms with Gasteiger partial charge in [-0.05, 0) is 36.9 Å². The van der Waals surface area contributed by atoms with Gasteiger partial charge in [0.25, 0.3) is 12.1 Å². The van der Waals surface area contributed by atoms with E-state index in [-0.39, 0.29) is 57.6 Å². The van der Waals surface area contributed by atoms with Crippen molar-refractivity contribution in [1.82, 2.24) is 19.6 Å². The number of nitrogens with two attached hydrogens (primary N) is 2. The molecule has 9 N–H and O–H groups in total. The summed E-state index contributed by atoms with van der Waals surface area (Å²) in [6.45, 7) is 2.92. The molecule has 56 heavy (non-hydrogen) atoms. The summed E-state index contributed by atoms with van der Waals surface area (Å²) in [5.41, 5.74) is 8.83. The Morgan fingerprint density at radius 3 is 2.62 bits per heavy atom. The number of hydrogen-bond acceptors (Lipinski definition) is 17. The minimum Gasteiger partial charge on any atom is -0.503 e. The molecule has 0 spiro atoms. The van der Waals surface area contributed by atoms with Crippen molar-refractivity contribution < 1.29 is 53.9 Å².